The second-order valence-corrected chi connectivity index (χ2v) is 7.83. The number of halogens is 1. The maximum Gasteiger partial charge on any atom is 0.225 e. The second kappa shape index (κ2) is 6.87. The Kier molecular flexibility index (Phi) is 5.07. The van der Waals surface area contributed by atoms with Gasteiger partial charge in [-0.3, -0.25) is 4.79 Å². The number of ether oxygens (including phenoxy) is 2. The second-order valence-electron chi connectivity index (χ2n) is 6.03. The van der Waals surface area contributed by atoms with Crippen molar-refractivity contribution in [3.63, 3.8) is 0 Å². The van der Waals surface area contributed by atoms with Gasteiger partial charge < -0.3 is 14.8 Å². The maximum atomic E-state index is 12.3. The molecule has 1 saturated heterocycles. The average Bonchev–Trinajstić information content (AvgIpc) is 2.92. The van der Waals surface area contributed by atoms with Gasteiger partial charge in [0, 0.05) is 36.2 Å². The molecule has 2 atom stereocenters. The summed E-state index contributed by atoms with van der Waals surface area (Å²) in [6.45, 7) is 4.27. The van der Waals surface area contributed by atoms with E-state index in [-0.39, 0.29) is 23.5 Å². The summed E-state index contributed by atoms with van der Waals surface area (Å²) in [5, 5.41) is 3.21. The number of hydrogen-bond donors (Lipinski definition) is 1. The lowest BCUT2D eigenvalue weighted by atomic mass is 9.57. The van der Waals surface area contributed by atoms with Gasteiger partial charge in [0.1, 0.15) is 0 Å². The quantitative estimate of drug-likeness (QED) is 0.894. The van der Waals surface area contributed by atoms with Crippen molar-refractivity contribution >= 4 is 28.8 Å². The van der Waals surface area contributed by atoms with Crippen LogP contribution >= 0.6 is 22.9 Å². The Morgan fingerprint density at radius 1 is 1.50 bits per heavy atom. The van der Waals surface area contributed by atoms with Gasteiger partial charge in [-0.1, -0.05) is 11.6 Å². The van der Waals surface area contributed by atoms with E-state index in [1.54, 1.807) is 0 Å². The summed E-state index contributed by atoms with van der Waals surface area (Å²) >= 11 is 7.38. The highest BCUT2D eigenvalue weighted by molar-refractivity contribution is 7.16. The normalized spacial score (nSPS) is 26.6. The molecule has 3 rings (SSSR count). The molecule has 22 heavy (non-hydrogen) atoms. The largest absolute Gasteiger partial charge is 0.381 e. The van der Waals surface area contributed by atoms with Gasteiger partial charge in [0.15, 0.2) is 0 Å². The fraction of sp³-hybridized carbons (Fsp3) is 0.688. The molecule has 1 aliphatic heterocycles. The highest BCUT2D eigenvalue weighted by Gasteiger charge is 2.56. The van der Waals surface area contributed by atoms with Gasteiger partial charge in [0.05, 0.1) is 16.9 Å². The van der Waals surface area contributed by atoms with Gasteiger partial charge in [-0.15, -0.1) is 11.3 Å². The molecule has 1 N–H and O–H groups in total. The van der Waals surface area contributed by atoms with E-state index < -0.39 is 0 Å². The van der Waals surface area contributed by atoms with E-state index >= 15 is 0 Å². The third kappa shape index (κ3) is 3.18. The first-order valence-corrected chi connectivity index (χ1v) is 9.06. The number of nitrogens with one attached hydrogen (secondary N) is 1. The summed E-state index contributed by atoms with van der Waals surface area (Å²) in [7, 11) is 0. The fourth-order valence-electron chi connectivity index (χ4n) is 3.66. The van der Waals surface area contributed by atoms with Crippen LogP contribution < -0.4 is 5.32 Å². The average molecular weight is 344 g/mol. The van der Waals surface area contributed by atoms with Crippen molar-refractivity contribution in [2.24, 2.45) is 5.41 Å². The molecule has 0 unspecified atom stereocenters. The zero-order valence-electron chi connectivity index (χ0n) is 12.8. The Morgan fingerprint density at radius 3 is 2.91 bits per heavy atom. The van der Waals surface area contributed by atoms with Crippen LogP contribution in [0.4, 0.5) is 0 Å². The molecule has 2 fully saturated rings. The first-order chi connectivity index (χ1) is 10.6. The lowest BCUT2D eigenvalue weighted by Crippen LogP contribution is -2.66. The van der Waals surface area contributed by atoms with Crippen LogP contribution in [0.15, 0.2) is 12.1 Å². The first kappa shape index (κ1) is 16.2. The molecule has 2 heterocycles. The number of amides is 1. The van der Waals surface area contributed by atoms with Crippen LogP contribution in [-0.4, -0.2) is 37.9 Å². The van der Waals surface area contributed by atoms with Gasteiger partial charge in [-0.05, 0) is 38.3 Å². The monoisotopic (exact) mass is 343 g/mol. The number of thiophene rings is 1. The third-order valence-corrected chi connectivity index (χ3v) is 6.11. The minimum absolute atomic E-state index is 0.0665. The Hall–Kier alpha value is -0.620. The summed E-state index contributed by atoms with van der Waals surface area (Å²) in [5.74, 6) is 0.0735. The summed E-state index contributed by atoms with van der Waals surface area (Å²) in [6, 6.07) is 3.96. The van der Waals surface area contributed by atoms with Crippen molar-refractivity contribution in [1.29, 1.82) is 0 Å². The number of carbonyl (C=O) groups excluding carboxylic acids is 1. The van der Waals surface area contributed by atoms with E-state index in [0.29, 0.717) is 6.42 Å². The van der Waals surface area contributed by atoms with Gasteiger partial charge in [0.2, 0.25) is 5.91 Å². The van der Waals surface area contributed by atoms with E-state index in [1.165, 1.54) is 11.3 Å². The predicted octanol–water partition coefficient (Wildman–Crippen LogP) is 3.03. The summed E-state index contributed by atoms with van der Waals surface area (Å²) < 4.78 is 12.1. The zero-order chi connectivity index (χ0) is 15.6. The van der Waals surface area contributed by atoms with E-state index in [9.17, 15) is 4.79 Å². The SMILES string of the molecule is CCO[C@@H]1C[C@H](NC(=O)Cc2ccc(Cl)s2)C12CCOCC2. The molecule has 2 aliphatic rings. The van der Waals surface area contributed by atoms with E-state index in [1.807, 2.05) is 19.1 Å². The summed E-state index contributed by atoms with van der Waals surface area (Å²) in [6.07, 6.45) is 3.49. The number of hydrogen-bond acceptors (Lipinski definition) is 4. The number of rotatable bonds is 5. The van der Waals surface area contributed by atoms with Crippen molar-refractivity contribution in [2.45, 2.75) is 44.8 Å². The Labute approximate surface area is 140 Å². The molecule has 0 radical (unpaired) electrons. The Bertz CT molecular complexity index is 527. The molecule has 1 aromatic heterocycles. The van der Waals surface area contributed by atoms with E-state index in [4.69, 9.17) is 21.1 Å². The molecule has 1 amide bonds. The van der Waals surface area contributed by atoms with Gasteiger partial charge >= 0.3 is 0 Å². The zero-order valence-corrected chi connectivity index (χ0v) is 14.3. The van der Waals surface area contributed by atoms with Crippen molar-refractivity contribution in [2.75, 3.05) is 19.8 Å². The molecule has 1 saturated carbocycles. The predicted molar refractivity (Wildman–Crippen MR) is 87.5 cm³/mol. The molecular formula is C16H22ClNO3S. The highest BCUT2D eigenvalue weighted by atomic mass is 35.5. The van der Waals surface area contributed by atoms with Crippen molar-refractivity contribution in [1.82, 2.24) is 5.32 Å². The van der Waals surface area contributed by atoms with Crippen molar-refractivity contribution in [3.8, 4) is 0 Å². The van der Waals surface area contributed by atoms with Crippen LogP contribution in [0.1, 0.15) is 31.1 Å². The van der Waals surface area contributed by atoms with Crippen molar-refractivity contribution in [3.05, 3.63) is 21.3 Å². The fourth-order valence-corrected chi connectivity index (χ4v) is 4.74. The van der Waals surface area contributed by atoms with Crippen molar-refractivity contribution < 1.29 is 14.3 Å². The molecule has 0 aromatic carbocycles. The van der Waals surface area contributed by atoms with Crippen LogP contribution in [0, 0.1) is 5.41 Å². The van der Waals surface area contributed by atoms with Gasteiger partial charge in [-0.2, -0.15) is 0 Å². The molecule has 1 aromatic rings. The molecule has 122 valence electrons. The minimum Gasteiger partial charge on any atom is -0.381 e. The topological polar surface area (TPSA) is 47.6 Å². The first-order valence-electron chi connectivity index (χ1n) is 7.87. The summed E-state index contributed by atoms with van der Waals surface area (Å²) in [5.41, 5.74) is 0.0665. The third-order valence-electron chi connectivity index (χ3n) is 4.88. The lowest BCUT2D eigenvalue weighted by molar-refractivity contribution is -0.175. The minimum atomic E-state index is 0.0665. The molecule has 1 aliphatic carbocycles. The molecule has 6 heteroatoms. The van der Waals surface area contributed by atoms with E-state index in [2.05, 4.69) is 5.32 Å². The molecule has 1 spiro atoms. The standard InChI is InChI=1S/C16H22ClNO3S/c1-2-21-13-10-12(16(13)5-7-20-8-6-16)18-15(19)9-11-3-4-14(17)22-11/h3-4,12-13H,2,5-10H2,1H3,(H,18,19)/t12-,13+/m0/s1. The van der Waals surface area contributed by atoms with Crippen LogP contribution in [0.25, 0.3) is 0 Å². The molecule has 0 bridgehead atoms. The highest BCUT2D eigenvalue weighted by Crippen LogP contribution is 2.50. The lowest BCUT2D eigenvalue weighted by Gasteiger charge is -2.57. The summed E-state index contributed by atoms with van der Waals surface area (Å²) in [4.78, 5) is 13.3. The molecule has 4 nitrogen and oxygen atoms in total. The Morgan fingerprint density at radius 2 is 2.27 bits per heavy atom. The van der Waals surface area contributed by atoms with Crippen LogP contribution in [0.3, 0.4) is 0 Å². The van der Waals surface area contributed by atoms with Crippen LogP contribution in [-0.2, 0) is 20.7 Å². The number of carbonyl (C=O) groups is 1. The molecular weight excluding hydrogens is 322 g/mol. The van der Waals surface area contributed by atoms with Crippen LogP contribution in [0.5, 0.6) is 0 Å². The smallest absolute Gasteiger partial charge is 0.225 e. The van der Waals surface area contributed by atoms with E-state index in [0.717, 1.165) is 48.3 Å². The maximum absolute atomic E-state index is 12.3. The van der Waals surface area contributed by atoms with Gasteiger partial charge in [-0.25, -0.2) is 0 Å². The Balaban J connectivity index is 1.60. The van der Waals surface area contributed by atoms with Crippen LogP contribution in [0.2, 0.25) is 4.34 Å². The van der Waals surface area contributed by atoms with Gasteiger partial charge in [0.25, 0.3) is 0 Å².